The quantitative estimate of drug-likeness (QED) is 0.788. The van der Waals surface area contributed by atoms with Crippen LogP contribution in [0.3, 0.4) is 0 Å². The molecule has 0 saturated heterocycles. The van der Waals surface area contributed by atoms with Crippen molar-refractivity contribution in [1.29, 1.82) is 5.26 Å². The van der Waals surface area contributed by atoms with Crippen LogP contribution >= 0.6 is 0 Å². The second kappa shape index (κ2) is 5.26. The molecule has 0 aromatic carbocycles. The number of fused-ring (bicyclic) bond motifs is 1. The van der Waals surface area contributed by atoms with Gasteiger partial charge in [-0.3, -0.25) is 14.5 Å². The van der Waals surface area contributed by atoms with E-state index in [2.05, 4.69) is 11.1 Å². The maximum absolute atomic E-state index is 12.5. The van der Waals surface area contributed by atoms with Crippen molar-refractivity contribution < 1.29 is 14.3 Å². The van der Waals surface area contributed by atoms with Gasteiger partial charge in [0.15, 0.2) is 0 Å². The lowest BCUT2D eigenvalue weighted by Crippen LogP contribution is -2.52. The van der Waals surface area contributed by atoms with E-state index >= 15 is 0 Å². The normalized spacial score (nSPS) is 16.9. The smallest absolute Gasteiger partial charge is 0.281 e. The highest BCUT2D eigenvalue weighted by Gasteiger charge is 2.49. The highest BCUT2D eigenvalue weighted by Crippen LogP contribution is 2.33. The van der Waals surface area contributed by atoms with Crippen molar-refractivity contribution in [1.82, 2.24) is 9.88 Å². The fourth-order valence-corrected chi connectivity index (χ4v) is 2.26. The lowest BCUT2D eigenvalue weighted by atomic mass is 9.88. The average Bonchev–Trinajstić information content (AvgIpc) is 2.70. The number of methoxy groups -OCH3 is 1. The number of imide groups is 1. The summed E-state index contributed by atoms with van der Waals surface area (Å²) in [6.45, 7) is 5.50. The van der Waals surface area contributed by atoms with E-state index in [4.69, 9.17) is 4.74 Å². The topological polar surface area (TPSA) is 83.3 Å². The molecule has 6 heteroatoms. The van der Waals surface area contributed by atoms with Crippen LogP contribution in [0.2, 0.25) is 0 Å². The number of nitriles is 1. The van der Waals surface area contributed by atoms with Crippen LogP contribution in [0.5, 0.6) is 0 Å². The molecule has 2 heterocycles. The minimum Gasteiger partial charge on any atom is -0.380 e. The molecular weight excluding hydrogens is 270 g/mol. The largest absolute Gasteiger partial charge is 0.380 e. The van der Waals surface area contributed by atoms with Crippen molar-refractivity contribution in [3.63, 3.8) is 0 Å². The molecule has 0 saturated carbocycles. The number of hydrogen-bond donors (Lipinski definition) is 0. The summed E-state index contributed by atoms with van der Waals surface area (Å²) in [5, 5.41) is 9.43. The molecule has 0 fully saturated rings. The number of carbonyl (C=O) groups excluding carboxylic acids is 2. The van der Waals surface area contributed by atoms with Gasteiger partial charge in [-0.25, -0.2) is 4.98 Å². The van der Waals surface area contributed by atoms with Gasteiger partial charge in [0.2, 0.25) is 0 Å². The fraction of sp³-hybridized carbons (Fsp3) is 0.467. The Balaban J connectivity index is 2.50. The summed E-state index contributed by atoms with van der Waals surface area (Å²) in [6, 6.07) is 3.69. The highest BCUT2D eigenvalue weighted by molar-refractivity contribution is 6.21. The van der Waals surface area contributed by atoms with Gasteiger partial charge in [0.05, 0.1) is 18.2 Å². The lowest BCUT2D eigenvalue weighted by Gasteiger charge is -2.34. The van der Waals surface area contributed by atoms with Gasteiger partial charge in [0.25, 0.3) is 11.8 Å². The van der Waals surface area contributed by atoms with Crippen LogP contribution in [0.25, 0.3) is 0 Å². The maximum atomic E-state index is 12.5. The van der Waals surface area contributed by atoms with Gasteiger partial charge in [0, 0.05) is 13.3 Å². The first-order valence-corrected chi connectivity index (χ1v) is 6.64. The zero-order chi connectivity index (χ0) is 15.8. The zero-order valence-corrected chi connectivity index (χ0v) is 12.5. The second-order valence-corrected chi connectivity index (χ2v) is 5.53. The number of pyridine rings is 1. The molecule has 1 aliphatic heterocycles. The van der Waals surface area contributed by atoms with Crippen LogP contribution in [0.1, 0.15) is 47.2 Å². The molecule has 1 aromatic rings. The highest BCUT2D eigenvalue weighted by atomic mass is 16.5. The van der Waals surface area contributed by atoms with Gasteiger partial charge in [-0.2, -0.15) is 5.26 Å². The summed E-state index contributed by atoms with van der Waals surface area (Å²) in [5.74, 6) is -1.18. The van der Waals surface area contributed by atoms with Crippen molar-refractivity contribution in [3.05, 3.63) is 29.1 Å². The van der Waals surface area contributed by atoms with E-state index < -0.39 is 17.4 Å². The molecule has 0 N–H and O–H groups in total. The molecule has 1 aromatic heterocycles. The summed E-state index contributed by atoms with van der Waals surface area (Å²) >= 11 is 0. The number of ether oxygens (including phenoxy) is 1. The van der Waals surface area contributed by atoms with E-state index in [1.807, 2.05) is 0 Å². The first kappa shape index (κ1) is 15.1. The van der Waals surface area contributed by atoms with Gasteiger partial charge < -0.3 is 4.74 Å². The first-order valence-electron chi connectivity index (χ1n) is 6.64. The fourth-order valence-electron chi connectivity index (χ4n) is 2.26. The molecule has 2 rings (SSSR count). The monoisotopic (exact) mass is 287 g/mol. The van der Waals surface area contributed by atoms with Gasteiger partial charge in [-0.1, -0.05) is 13.8 Å². The van der Waals surface area contributed by atoms with Crippen LogP contribution in [0, 0.1) is 17.2 Å². The molecule has 0 spiro atoms. The molecule has 6 nitrogen and oxygen atoms in total. The van der Waals surface area contributed by atoms with E-state index in [0.717, 1.165) is 4.90 Å². The van der Waals surface area contributed by atoms with Crippen LogP contribution in [-0.2, 0) is 11.3 Å². The molecular formula is C15H17N3O3. The Morgan fingerprint density at radius 2 is 2.10 bits per heavy atom. The predicted octanol–water partition coefficient (Wildman–Crippen LogP) is 1.76. The Morgan fingerprint density at radius 3 is 2.62 bits per heavy atom. The molecule has 1 atom stereocenters. The Hall–Kier alpha value is -2.26. The van der Waals surface area contributed by atoms with Crippen LogP contribution in [-0.4, -0.2) is 34.3 Å². The molecule has 0 radical (unpaired) electrons. The van der Waals surface area contributed by atoms with E-state index in [9.17, 15) is 14.9 Å². The number of amides is 2. The van der Waals surface area contributed by atoms with Gasteiger partial charge in [0.1, 0.15) is 11.2 Å². The van der Waals surface area contributed by atoms with Gasteiger partial charge in [-0.05, 0) is 24.5 Å². The SMILES string of the molecule is COCc1cnc2c(c1)C(=O)N(C(C)(C#N)C(C)C)C2=O. The Bertz CT molecular complexity index is 648. The number of aromatic nitrogens is 1. The van der Waals surface area contributed by atoms with Crippen molar-refractivity contribution in [2.75, 3.05) is 7.11 Å². The lowest BCUT2D eigenvalue weighted by molar-refractivity contribution is 0.0463. The van der Waals surface area contributed by atoms with Crippen molar-refractivity contribution >= 4 is 11.8 Å². The molecule has 0 bridgehead atoms. The van der Waals surface area contributed by atoms with Crippen LogP contribution in [0.15, 0.2) is 12.3 Å². The summed E-state index contributed by atoms with van der Waals surface area (Å²) in [4.78, 5) is 30.1. The van der Waals surface area contributed by atoms with Gasteiger partial charge in [-0.15, -0.1) is 0 Å². The third kappa shape index (κ3) is 2.20. The molecule has 21 heavy (non-hydrogen) atoms. The number of nitrogens with zero attached hydrogens (tertiary/aromatic N) is 3. The van der Waals surface area contributed by atoms with E-state index in [1.54, 1.807) is 26.8 Å². The average molecular weight is 287 g/mol. The first-order chi connectivity index (χ1) is 9.86. The number of carbonyl (C=O) groups is 2. The standard InChI is InChI=1S/C15H17N3O3/c1-9(2)15(3,8-16)18-13(19)11-5-10(7-21-4)6-17-12(11)14(18)20/h5-6,9H,7H2,1-4H3. The van der Waals surface area contributed by atoms with E-state index in [0.29, 0.717) is 12.2 Å². The minimum absolute atomic E-state index is 0.0991. The third-order valence-electron chi connectivity index (χ3n) is 3.91. The summed E-state index contributed by atoms with van der Waals surface area (Å²) < 4.78 is 5.00. The summed E-state index contributed by atoms with van der Waals surface area (Å²) in [5.41, 5.74) is -0.155. The molecule has 1 aliphatic rings. The Kier molecular flexibility index (Phi) is 3.79. The van der Waals surface area contributed by atoms with Crippen molar-refractivity contribution in [2.24, 2.45) is 5.92 Å². The molecule has 2 amide bonds. The summed E-state index contributed by atoms with van der Waals surface area (Å²) in [7, 11) is 1.54. The maximum Gasteiger partial charge on any atom is 0.281 e. The van der Waals surface area contributed by atoms with E-state index in [-0.39, 0.29) is 17.2 Å². The van der Waals surface area contributed by atoms with E-state index in [1.165, 1.54) is 13.3 Å². The summed E-state index contributed by atoms with van der Waals surface area (Å²) in [6.07, 6.45) is 1.51. The number of hydrogen-bond acceptors (Lipinski definition) is 5. The number of rotatable bonds is 4. The van der Waals surface area contributed by atoms with Crippen LogP contribution in [0.4, 0.5) is 0 Å². The van der Waals surface area contributed by atoms with Crippen molar-refractivity contribution in [3.8, 4) is 6.07 Å². The molecule has 110 valence electrons. The Morgan fingerprint density at radius 1 is 1.43 bits per heavy atom. The zero-order valence-electron chi connectivity index (χ0n) is 12.5. The predicted molar refractivity (Wildman–Crippen MR) is 74.3 cm³/mol. The third-order valence-corrected chi connectivity index (χ3v) is 3.91. The molecule has 1 unspecified atom stereocenters. The van der Waals surface area contributed by atoms with Gasteiger partial charge >= 0.3 is 0 Å². The Labute approximate surface area is 123 Å². The molecule has 0 aliphatic carbocycles. The minimum atomic E-state index is -1.20. The second-order valence-electron chi connectivity index (χ2n) is 5.53. The van der Waals surface area contributed by atoms with Crippen molar-refractivity contribution in [2.45, 2.75) is 32.9 Å². The van der Waals surface area contributed by atoms with Crippen LogP contribution < -0.4 is 0 Å².